The average molecular weight is 406 g/mol. The molecule has 3 rings (SSSR count). The quantitative estimate of drug-likeness (QED) is 0.614. The Morgan fingerprint density at radius 3 is 2.89 bits per heavy atom. The van der Waals surface area contributed by atoms with Gasteiger partial charge in [0.05, 0.1) is 18.0 Å². The molecular weight excluding hydrogens is 388 g/mol. The standard InChI is InChI=1S/C17H18N4O4S2/c1-25-9-8-21(12-16(22)20-17-19-7-10-26-17)27(23,24)15-4-2-3-13-11-18-6-5-14(13)15/h2-7,10-11H,8-9,12H2,1H3,(H,19,20,22). The van der Waals surface area contributed by atoms with Crippen LogP contribution < -0.4 is 5.32 Å². The van der Waals surface area contributed by atoms with E-state index in [0.29, 0.717) is 15.9 Å². The van der Waals surface area contributed by atoms with Crippen LogP contribution in [0.2, 0.25) is 0 Å². The molecule has 1 N–H and O–H groups in total. The molecule has 0 bridgehead atoms. The van der Waals surface area contributed by atoms with Gasteiger partial charge < -0.3 is 10.1 Å². The van der Waals surface area contributed by atoms with E-state index in [1.165, 1.54) is 30.7 Å². The highest BCUT2D eigenvalue weighted by Gasteiger charge is 2.28. The number of aromatic nitrogens is 2. The van der Waals surface area contributed by atoms with Crippen LogP contribution in [0.4, 0.5) is 5.13 Å². The van der Waals surface area contributed by atoms with Crippen molar-refractivity contribution in [3.63, 3.8) is 0 Å². The first-order valence-electron chi connectivity index (χ1n) is 8.03. The summed E-state index contributed by atoms with van der Waals surface area (Å²) in [6, 6.07) is 6.61. The molecule has 142 valence electrons. The Balaban J connectivity index is 1.91. The van der Waals surface area contributed by atoms with Crippen molar-refractivity contribution < 1.29 is 17.9 Å². The highest BCUT2D eigenvalue weighted by atomic mass is 32.2. The van der Waals surface area contributed by atoms with Crippen LogP contribution in [0.5, 0.6) is 0 Å². The van der Waals surface area contributed by atoms with E-state index in [1.807, 2.05) is 0 Å². The van der Waals surface area contributed by atoms with Crippen molar-refractivity contribution in [1.82, 2.24) is 14.3 Å². The molecule has 0 unspecified atom stereocenters. The van der Waals surface area contributed by atoms with Crippen LogP contribution in [-0.2, 0) is 19.6 Å². The van der Waals surface area contributed by atoms with Crippen molar-refractivity contribution >= 4 is 43.2 Å². The zero-order chi connectivity index (χ0) is 19.3. The molecule has 27 heavy (non-hydrogen) atoms. The molecule has 1 amide bonds. The second-order valence-corrected chi connectivity index (χ2v) is 8.37. The Morgan fingerprint density at radius 2 is 2.15 bits per heavy atom. The van der Waals surface area contributed by atoms with E-state index in [0.717, 1.165) is 4.31 Å². The number of sulfonamides is 1. The molecule has 3 aromatic rings. The molecule has 10 heteroatoms. The van der Waals surface area contributed by atoms with E-state index >= 15 is 0 Å². The Labute approximate surface area is 160 Å². The van der Waals surface area contributed by atoms with Gasteiger partial charge in [-0.05, 0) is 12.1 Å². The Hall–Kier alpha value is -2.40. The second kappa shape index (κ2) is 8.53. The van der Waals surface area contributed by atoms with Crippen LogP contribution in [0.3, 0.4) is 0 Å². The summed E-state index contributed by atoms with van der Waals surface area (Å²) in [5.41, 5.74) is 0. The Morgan fingerprint density at radius 1 is 1.30 bits per heavy atom. The minimum absolute atomic E-state index is 0.0472. The van der Waals surface area contributed by atoms with Gasteiger partial charge in [0.25, 0.3) is 0 Å². The fourth-order valence-corrected chi connectivity index (χ4v) is 4.68. The molecule has 0 aliphatic rings. The lowest BCUT2D eigenvalue weighted by atomic mass is 10.2. The van der Waals surface area contributed by atoms with Crippen molar-refractivity contribution in [1.29, 1.82) is 0 Å². The summed E-state index contributed by atoms with van der Waals surface area (Å²) < 4.78 is 32.6. The summed E-state index contributed by atoms with van der Waals surface area (Å²) in [6.07, 6.45) is 4.70. The number of carbonyl (C=O) groups is 1. The Kier molecular flexibility index (Phi) is 6.11. The van der Waals surface area contributed by atoms with Crippen LogP contribution in [0, 0.1) is 0 Å². The first kappa shape index (κ1) is 19.4. The van der Waals surface area contributed by atoms with Crippen LogP contribution in [-0.4, -0.2) is 55.4 Å². The normalized spacial score (nSPS) is 11.8. The van der Waals surface area contributed by atoms with Gasteiger partial charge in [-0.1, -0.05) is 12.1 Å². The topological polar surface area (TPSA) is 101 Å². The maximum Gasteiger partial charge on any atom is 0.244 e. The molecule has 0 aliphatic heterocycles. The van der Waals surface area contributed by atoms with Crippen LogP contribution in [0.25, 0.3) is 10.8 Å². The maximum atomic E-state index is 13.2. The number of ether oxygens (including phenoxy) is 1. The van der Waals surface area contributed by atoms with E-state index in [-0.39, 0.29) is 24.6 Å². The summed E-state index contributed by atoms with van der Waals surface area (Å²) in [4.78, 5) is 20.4. The number of amides is 1. The minimum atomic E-state index is -3.93. The third kappa shape index (κ3) is 4.48. The number of methoxy groups -OCH3 is 1. The van der Waals surface area contributed by atoms with Crippen molar-refractivity contribution in [3.8, 4) is 0 Å². The van der Waals surface area contributed by atoms with Crippen molar-refractivity contribution in [2.75, 3.05) is 32.1 Å². The number of benzene rings is 1. The van der Waals surface area contributed by atoms with Crippen LogP contribution in [0.1, 0.15) is 0 Å². The van der Waals surface area contributed by atoms with Gasteiger partial charge in [-0.25, -0.2) is 13.4 Å². The lowest BCUT2D eigenvalue weighted by Crippen LogP contribution is -2.40. The first-order chi connectivity index (χ1) is 13.0. The predicted molar refractivity (Wildman–Crippen MR) is 103 cm³/mol. The summed E-state index contributed by atoms with van der Waals surface area (Å²) in [5.74, 6) is -0.466. The summed E-state index contributed by atoms with van der Waals surface area (Å²) in [6.45, 7) is -0.131. The zero-order valence-corrected chi connectivity index (χ0v) is 16.2. The van der Waals surface area contributed by atoms with Crippen LogP contribution in [0.15, 0.2) is 53.1 Å². The van der Waals surface area contributed by atoms with E-state index in [9.17, 15) is 13.2 Å². The fourth-order valence-electron chi connectivity index (χ4n) is 2.54. The lowest BCUT2D eigenvalue weighted by Gasteiger charge is -2.22. The summed E-state index contributed by atoms with van der Waals surface area (Å²) in [5, 5.41) is 6.00. The van der Waals surface area contributed by atoms with Crippen molar-refractivity contribution in [2.24, 2.45) is 0 Å². The van der Waals surface area contributed by atoms with Crippen molar-refractivity contribution in [3.05, 3.63) is 48.2 Å². The number of carbonyl (C=O) groups excluding carboxylic acids is 1. The third-order valence-corrected chi connectivity index (χ3v) is 6.39. The van der Waals surface area contributed by atoms with Crippen LogP contribution >= 0.6 is 11.3 Å². The fraction of sp³-hybridized carbons (Fsp3) is 0.235. The van der Waals surface area contributed by atoms with Gasteiger partial charge in [0.2, 0.25) is 15.9 Å². The number of thiazole rings is 1. The highest BCUT2D eigenvalue weighted by Crippen LogP contribution is 2.25. The largest absolute Gasteiger partial charge is 0.383 e. The van der Waals surface area contributed by atoms with Gasteiger partial charge in [-0.15, -0.1) is 11.3 Å². The highest BCUT2D eigenvalue weighted by molar-refractivity contribution is 7.89. The van der Waals surface area contributed by atoms with E-state index in [1.54, 1.807) is 36.0 Å². The Bertz CT molecular complexity index is 1020. The van der Waals surface area contributed by atoms with Gasteiger partial charge >= 0.3 is 0 Å². The SMILES string of the molecule is COCCN(CC(=O)Nc1nccs1)S(=O)(=O)c1cccc2cnccc12. The van der Waals surface area contributed by atoms with E-state index in [2.05, 4.69) is 15.3 Å². The second-order valence-electron chi connectivity index (χ2n) is 5.57. The predicted octanol–water partition coefficient (Wildman–Crippen LogP) is 1.97. The number of fused-ring (bicyclic) bond motifs is 1. The average Bonchev–Trinajstić information content (AvgIpc) is 3.17. The molecule has 0 spiro atoms. The molecule has 0 saturated heterocycles. The monoisotopic (exact) mass is 406 g/mol. The van der Waals surface area contributed by atoms with E-state index in [4.69, 9.17) is 4.74 Å². The number of pyridine rings is 1. The van der Waals surface area contributed by atoms with Crippen molar-refractivity contribution in [2.45, 2.75) is 4.90 Å². The van der Waals surface area contributed by atoms with Gasteiger partial charge in [0, 0.05) is 48.4 Å². The number of hydrogen-bond acceptors (Lipinski definition) is 7. The smallest absolute Gasteiger partial charge is 0.244 e. The molecule has 0 fully saturated rings. The van der Waals surface area contributed by atoms with Gasteiger partial charge in [-0.2, -0.15) is 4.31 Å². The van der Waals surface area contributed by atoms with Gasteiger partial charge in [-0.3, -0.25) is 9.78 Å². The van der Waals surface area contributed by atoms with E-state index < -0.39 is 15.9 Å². The number of nitrogens with one attached hydrogen (secondary N) is 1. The number of rotatable bonds is 8. The summed E-state index contributed by atoms with van der Waals surface area (Å²) in [7, 11) is -2.45. The van der Waals surface area contributed by atoms with Gasteiger partial charge in [0.1, 0.15) is 0 Å². The maximum absolute atomic E-state index is 13.2. The minimum Gasteiger partial charge on any atom is -0.383 e. The zero-order valence-electron chi connectivity index (χ0n) is 14.5. The number of anilines is 1. The molecule has 8 nitrogen and oxygen atoms in total. The molecule has 0 radical (unpaired) electrons. The molecule has 0 saturated carbocycles. The van der Waals surface area contributed by atoms with Gasteiger partial charge in [0.15, 0.2) is 5.13 Å². The molecule has 0 aliphatic carbocycles. The molecule has 2 heterocycles. The third-order valence-electron chi connectivity index (χ3n) is 3.80. The lowest BCUT2D eigenvalue weighted by molar-refractivity contribution is -0.116. The molecule has 0 atom stereocenters. The number of nitrogens with zero attached hydrogens (tertiary/aromatic N) is 3. The summed E-state index contributed by atoms with van der Waals surface area (Å²) >= 11 is 1.26. The first-order valence-corrected chi connectivity index (χ1v) is 10.4. The number of hydrogen-bond donors (Lipinski definition) is 1. The molecule has 2 aromatic heterocycles. The molecule has 1 aromatic carbocycles. The molecular formula is C17H18N4O4S2.